The fraction of sp³-hybridized carbons (Fsp3) is 0.267. The van der Waals surface area contributed by atoms with E-state index in [0.29, 0.717) is 0 Å². The number of thioether (sulfide) groups is 1. The number of nitrogens with zero attached hydrogens (tertiary/aromatic N) is 1. The lowest BCUT2D eigenvalue weighted by molar-refractivity contribution is 0.779. The highest BCUT2D eigenvalue weighted by Crippen LogP contribution is 2.27. The molecule has 2 aromatic rings. The van der Waals surface area contributed by atoms with Crippen molar-refractivity contribution in [3.05, 3.63) is 59.3 Å². The first kappa shape index (κ1) is 13.1. The van der Waals surface area contributed by atoms with Crippen LogP contribution in [0.25, 0.3) is 0 Å². The highest BCUT2D eigenvalue weighted by atomic mass is 32.2. The Bertz CT molecular complexity index is 523. The minimum absolute atomic E-state index is 0.0266. The van der Waals surface area contributed by atoms with Gasteiger partial charge >= 0.3 is 0 Å². The first-order valence-electron chi connectivity index (χ1n) is 6.05. The second kappa shape index (κ2) is 6.03. The zero-order chi connectivity index (χ0) is 13.0. The first-order chi connectivity index (χ1) is 8.66. The molecule has 0 aliphatic heterocycles. The van der Waals surface area contributed by atoms with E-state index in [0.717, 1.165) is 16.3 Å². The van der Waals surface area contributed by atoms with Crippen LogP contribution < -0.4 is 5.73 Å². The van der Waals surface area contributed by atoms with Gasteiger partial charge in [0.2, 0.25) is 0 Å². The monoisotopic (exact) mass is 258 g/mol. The molecule has 18 heavy (non-hydrogen) atoms. The summed E-state index contributed by atoms with van der Waals surface area (Å²) in [5.41, 5.74) is 9.69. The van der Waals surface area contributed by atoms with Gasteiger partial charge in [0.1, 0.15) is 5.03 Å². The van der Waals surface area contributed by atoms with E-state index in [1.54, 1.807) is 11.8 Å². The summed E-state index contributed by atoms with van der Waals surface area (Å²) < 4.78 is 0. The van der Waals surface area contributed by atoms with Crippen molar-refractivity contribution in [1.29, 1.82) is 0 Å². The van der Waals surface area contributed by atoms with Crippen molar-refractivity contribution in [3.8, 4) is 0 Å². The molecular formula is C15H18N2S. The molecular weight excluding hydrogens is 240 g/mol. The molecule has 0 saturated heterocycles. The molecule has 1 atom stereocenters. The van der Waals surface area contributed by atoms with E-state index < -0.39 is 0 Å². The number of benzene rings is 1. The lowest BCUT2D eigenvalue weighted by Gasteiger charge is -2.10. The highest BCUT2D eigenvalue weighted by molar-refractivity contribution is 7.98. The smallest absolute Gasteiger partial charge is 0.101 e. The number of hydrogen-bond acceptors (Lipinski definition) is 3. The summed E-state index contributed by atoms with van der Waals surface area (Å²) in [5, 5.41) is 1.04. The largest absolute Gasteiger partial charge is 0.324 e. The normalized spacial score (nSPS) is 12.4. The topological polar surface area (TPSA) is 38.9 Å². The molecule has 2 nitrogen and oxygen atoms in total. The molecule has 1 aromatic heterocycles. The number of rotatable bonds is 4. The van der Waals surface area contributed by atoms with Crippen LogP contribution in [0.3, 0.4) is 0 Å². The van der Waals surface area contributed by atoms with Gasteiger partial charge in [-0.2, -0.15) is 0 Å². The van der Waals surface area contributed by atoms with Crippen molar-refractivity contribution in [3.63, 3.8) is 0 Å². The fourth-order valence-corrected chi connectivity index (χ4v) is 2.86. The average Bonchev–Trinajstić information content (AvgIpc) is 2.37. The number of hydrogen-bond donors (Lipinski definition) is 1. The molecule has 1 heterocycles. The first-order valence-corrected chi connectivity index (χ1v) is 7.04. The predicted molar refractivity (Wildman–Crippen MR) is 77.6 cm³/mol. The Morgan fingerprint density at radius 2 is 2.11 bits per heavy atom. The highest BCUT2D eigenvalue weighted by Gasteiger charge is 2.08. The van der Waals surface area contributed by atoms with Crippen LogP contribution in [0.15, 0.2) is 47.6 Å². The van der Waals surface area contributed by atoms with Gasteiger partial charge in [0, 0.05) is 23.6 Å². The molecule has 1 aromatic carbocycles. The molecule has 2 N–H and O–H groups in total. The van der Waals surface area contributed by atoms with Gasteiger partial charge in [0.15, 0.2) is 0 Å². The van der Waals surface area contributed by atoms with Crippen molar-refractivity contribution in [2.45, 2.75) is 30.7 Å². The van der Waals surface area contributed by atoms with Crippen LogP contribution in [-0.4, -0.2) is 4.98 Å². The van der Waals surface area contributed by atoms with Crippen molar-refractivity contribution in [2.75, 3.05) is 0 Å². The second-order valence-corrected chi connectivity index (χ2v) is 5.43. The summed E-state index contributed by atoms with van der Waals surface area (Å²) in [6, 6.07) is 12.6. The van der Waals surface area contributed by atoms with Crippen LogP contribution in [-0.2, 0) is 5.75 Å². The van der Waals surface area contributed by atoms with Crippen molar-refractivity contribution in [1.82, 2.24) is 4.98 Å². The summed E-state index contributed by atoms with van der Waals surface area (Å²) in [6.45, 7) is 4.11. The standard InChI is InChI=1S/C15H18N2S/c1-11-5-3-6-13(9-11)10-18-15-14(12(2)16)7-4-8-17-15/h3-9,12H,10,16H2,1-2H3. The second-order valence-electron chi connectivity index (χ2n) is 4.46. The summed E-state index contributed by atoms with van der Waals surface area (Å²) >= 11 is 1.75. The summed E-state index contributed by atoms with van der Waals surface area (Å²) in [6.07, 6.45) is 1.82. The molecule has 0 amide bonds. The summed E-state index contributed by atoms with van der Waals surface area (Å²) in [7, 11) is 0. The SMILES string of the molecule is Cc1cccc(CSc2ncccc2C(C)N)c1. The van der Waals surface area contributed by atoms with E-state index >= 15 is 0 Å². The Morgan fingerprint density at radius 1 is 1.28 bits per heavy atom. The minimum atomic E-state index is 0.0266. The lowest BCUT2D eigenvalue weighted by atomic mass is 10.2. The quantitative estimate of drug-likeness (QED) is 0.850. The molecule has 0 radical (unpaired) electrons. The number of nitrogens with two attached hydrogens (primary N) is 1. The Hall–Kier alpha value is -1.32. The van der Waals surface area contributed by atoms with E-state index in [2.05, 4.69) is 42.2 Å². The molecule has 0 aliphatic carbocycles. The van der Waals surface area contributed by atoms with Crippen LogP contribution in [0.5, 0.6) is 0 Å². The molecule has 0 saturated carbocycles. The van der Waals surface area contributed by atoms with Gasteiger partial charge in [-0.05, 0) is 25.5 Å². The zero-order valence-electron chi connectivity index (χ0n) is 10.8. The predicted octanol–water partition coefficient (Wildman–Crippen LogP) is 3.70. The molecule has 0 bridgehead atoms. The van der Waals surface area contributed by atoms with Gasteiger partial charge in [-0.25, -0.2) is 4.98 Å². The Kier molecular flexibility index (Phi) is 4.39. The van der Waals surface area contributed by atoms with Crippen LogP contribution in [0.2, 0.25) is 0 Å². The number of aromatic nitrogens is 1. The summed E-state index contributed by atoms with van der Waals surface area (Å²) in [5.74, 6) is 0.929. The van der Waals surface area contributed by atoms with E-state index in [4.69, 9.17) is 5.73 Å². The third-order valence-electron chi connectivity index (χ3n) is 2.75. The minimum Gasteiger partial charge on any atom is -0.324 e. The van der Waals surface area contributed by atoms with Crippen molar-refractivity contribution in [2.24, 2.45) is 5.73 Å². The lowest BCUT2D eigenvalue weighted by Crippen LogP contribution is -2.07. The number of pyridine rings is 1. The zero-order valence-corrected chi connectivity index (χ0v) is 11.6. The summed E-state index contributed by atoms with van der Waals surface area (Å²) in [4.78, 5) is 4.42. The molecule has 0 spiro atoms. The van der Waals surface area contributed by atoms with Crippen molar-refractivity contribution < 1.29 is 0 Å². The van der Waals surface area contributed by atoms with E-state index in [1.165, 1.54) is 11.1 Å². The molecule has 2 rings (SSSR count). The fourth-order valence-electron chi connectivity index (χ4n) is 1.82. The van der Waals surface area contributed by atoms with E-state index in [9.17, 15) is 0 Å². The van der Waals surface area contributed by atoms with Gasteiger partial charge in [-0.1, -0.05) is 35.9 Å². The molecule has 0 fully saturated rings. The number of aryl methyl sites for hydroxylation is 1. The van der Waals surface area contributed by atoms with E-state index in [-0.39, 0.29) is 6.04 Å². The molecule has 3 heteroatoms. The van der Waals surface area contributed by atoms with Crippen molar-refractivity contribution >= 4 is 11.8 Å². The average molecular weight is 258 g/mol. The van der Waals surface area contributed by atoms with Gasteiger partial charge in [-0.15, -0.1) is 11.8 Å². The van der Waals surface area contributed by atoms with Gasteiger partial charge in [0.25, 0.3) is 0 Å². The van der Waals surface area contributed by atoms with Crippen LogP contribution >= 0.6 is 11.8 Å². The van der Waals surface area contributed by atoms with Gasteiger partial charge in [-0.3, -0.25) is 0 Å². The Balaban J connectivity index is 2.11. The van der Waals surface area contributed by atoms with Gasteiger partial charge < -0.3 is 5.73 Å². The van der Waals surface area contributed by atoms with E-state index in [1.807, 2.05) is 19.2 Å². The maximum atomic E-state index is 5.95. The maximum absolute atomic E-state index is 5.95. The molecule has 0 aliphatic rings. The van der Waals surface area contributed by atoms with Crippen LogP contribution in [0.1, 0.15) is 29.7 Å². The molecule has 1 unspecified atom stereocenters. The third kappa shape index (κ3) is 3.34. The Labute approximate surface area is 113 Å². The van der Waals surface area contributed by atoms with Gasteiger partial charge in [0.05, 0.1) is 0 Å². The van der Waals surface area contributed by atoms with Crippen LogP contribution in [0, 0.1) is 6.92 Å². The van der Waals surface area contributed by atoms with Crippen LogP contribution in [0.4, 0.5) is 0 Å². The maximum Gasteiger partial charge on any atom is 0.101 e. The Morgan fingerprint density at radius 3 is 2.83 bits per heavy atom. The third-order valence-corrected chi connectivity index (χ3v) is 3.84. The molecule has 94 valence electrons.